The van der Waals surface area contributed by atoms with Gasteiger partial charge in [-0.2, -0.15) is 0 Å². The number of pyridine rings is 1. The molecule has 90 valence electrons. The smallest absolute Gasteiger partial charge is 0.401 e. The van der Waals surface area contributed by atoms with Gasteiger partial charge in [-0.25, -0.2) is 13.8 Å². The van der Waals surface area contributed by atoms with E-state index in [2.05, 4.69) is 25.7 Å². The number of aromatic nitrogens is 1. The summed E-state index contributed by atoms with van der Waals surface area (Å²) < 4.78 is 63.8. The van der Waals surface area contributed by atoms with Crippen molar-refractivity contribution in [1.29, 1.82) is 0 Å². The van der Waals surface area contributed by atoms with Crippen molar-refractivity contribution in [3.05, 3.63) is 16.4 Å². The molecule has 0 saturated carbocycles. The Kier molecular flexibility index (Phi) is 3.56. The fourth-order valence-corrected chi connectivity index (χ4v) is 1.35. The molecule has 1 heterocycles. The summed E-state index contributed by atoms with van der Waals surface area (Å²) >= 11 is 2.73. The fraction of sp³-hybridized carbons (Fsp3) is 0.286. The van der Waals surface area contributed by atoms with E-state index in [-0.39, 0.29) is 4.60 Å². The lowest BCUT2D eigenvalue weighted by atomic mass is 10.3. The quantitative estimate of drug-likeness (QED) is 0.674. The minimum atomic E-state index is -5.10. The van der Waals surface area contributed by atoms with Crippen molar-refractivity contribution in [3.63, 3.8) is 0 Å². The molecule has 0 atom stereocenters. The van der Waals surface area contributed by atoms with E-state index in [0.717, 1.165) is 6.07 Å². The standard InChI is InChI=1S/C7H4BrF5N2O/c8-3-1-2(14)5(16-7(11,12)13)4(15-3)6(9)10/h1,6H,(H2,14,15). The molecule has 0 bridgehead atoms. The van der Waals surface area contributed by atoms with Gasteiger partial charge in [0, 0.05) is 0 Å². The Morgan fingerprint density at radius 1 is 1.38 bits per heavy atom. The third kappa shape index (κ3) is 3.19. The number of ether oxygens (including phenoxy) is 1. The van der Waals surface area contributed by atoms with Gasteiger partial charge in [0.05, 0.1) is 5.69 Å². The molecule has 1 aromatic heterocycles. The summed E-state index contributed by atoms with van der Waals surface area (Å²) in [4.78, 5) is 3.18. The van der Waals surface area contributed by atoms with Gasteiger partial charge in [-0.15, -0.1) is 13.2 Å². The van der Waals surface area contributed by atoms with Crippen molar-refractivity contribution in [2.75, 3.05) is 5.73 Å². The zero-order chi connectivity index (χ0) is 12.5. The molecule has 0 radical (unpaired) electrons. The van der Waals surface area contributed by atoms with Gasteiger partial charge in [0.2, 0.25) is 0 Å². The zero-order valence-electron chi connectivity index (χ0n) is 7.36. The first kappa shape index (κ1) is 12.9. The number of hydrogen-bond acceptors (Lipinski definition) is 3. The Morgan fingerprint density at radius 2 is 1.94 bits per heavy atom. The molecule has 3 nitrogen and oxygen atoms in total. The summed E-state index contributed by atoms with van der Waals surface area (Å²) in [5.41, 5.74) is 3.40. The summed E-state index contributed by atoms with van der Waals surface area (Å²) in [6, 6.07) is 0.937. The van der Waals surface area contributed by atoms with Gasteiger partial charge in [0.15, 0.2) is 11.4 Å². The predicted molar refractivity (Wildman–Crippen MR) is 48.0 cm³/mol. The van der Waals surface area contributed by atoms with Crippen LogP contribution in [0.4, 0.5) is 27.6 Å². The third-order valence-electron chi connectivity index (χ3n) is 1.42. The Morgan fingerprint density at radius 3 is 2.38 bits per heavy atom. The number of rotatable bonds is 2. The van der Waals surface area contributed by atoms with E-state index < -0.39 is 29.9 Å². The largest absolute Gasteiger partial charge is 0.573 e. The van der Waals surface area contributed by atoms with E-state index in [4.69, 9.17) is 5.73 Å². The molecule has 1 aromatic rings. The van der Waals surface area contributed by atoms with Crippen LogP contribution in [0.25, 0.3) is 0 Å². The fourth-order valence-electron chi connectivity index (χ4n) is 0.915. The van der Waals surface area contributed by atoms with Crippen LogP contribution in [-0.4, -0.2) is 11.3 Å². The highest BCUT2D eigenvalue weighted by Gasteiger charge is 2.35. The predicted octanol–water partition coefficient (Wildman–Crippen LogP) is 3.26. The third-order valence-corrected chi connectivity index (χ3v) is 1.83. The second-order valence-corrected chi connectivity index (χ2v) is 3.41. The van der Waals surface area contributed by atoms with Crippen molar-refractivity contribution in [2.24, 2.45) is 0 Å². The number of nitrogen functional groups attached to an aromatic ring is 1. The van der Waals surface area contributed by atoms with Crippen LogP contribution in [0, 0.1) is 0 Å². The summed E-state index contributed by atoms with van der Waals surface area (Å²) in [6.07, 6.45) is -8.33. The normalized spacial score (nSPS) is 11.9. The Bertz CT molecular complexity index is 395. The minimum absolute atomic E-state index is 0.102. The van der Waals surface area contributed by atoms with Crippen LogP contribution >= 0.6 is 15.9 Å². The first-order chi connectivity index (χ1) is 7.20. The Hall–Kier alpha value is -1.12. The molecule has 0 aromatic carbocycles. The van der Waals surface area contributed by atoms with Crippen LogP contribution in [0.1, 0.15) is 12.1 Å². The lowest BCUT2D eigenvalue weighted by Gasteiger charge is -2.14. The van der Waals surface area contributed by atoms with Crippen molar-refractivity contribution >= 4 is 21.6 Å². The van der Waals surface area contributed by atoms with Gasteiger partial charge in [0.25, 0.3) is 6.43 Å². The first-order valence-electron chi connectivity index (χ1n) is 3.70. The highest BCUT2D eigenvalue weighted by molar-refractivity contribution is 9.10. The van der Waals surface area contributed by atoms with Crippen LogP contribution in [0.3, 0.4) is 0 Å². The molecule has 0 amide bonds. The van der Waals surface area contributed by atoms with E-state index in [1.807, 2.05) is 0 Å². The van der Waals surface area contributed by atoms with Gasteiger partial charge in [-0.05, 0) is 22.0 Å². The summed E-state index contributed by atoms with van der Waals surface area (Å²) in [5.74, 6) is -1.18. The van der Waals surface area contributed by atoms with E-state index in [9.17, 15) is 22.0 Å². The van der Waals surface area contributed by atoms with Gasteiger partial charge in [-0.1, -0.05) is 0 Å². The SMILES string of the molecule is Nc1cc(Br)nc(C(F)F)c1OC(F)(F)F. The summed E-state index contributed by atoms with van der Waals surface area (Å²) in [6.45, 7) is 0. The molecular formula is C7H4BrF5N2O. The molecule has 2 N–H and O–H groups in total. The average molecular weight is 307 g/mol. The maximum atomic E-state index is 12.4. The van der Waals surface area contributed by atoms with Crippen LogP contribution in [-0.2, 0) is 0 Å². The molecule has 0 aliphatic carbocycles. The molecule has 16 heavy (non-hydrogen) atoms. The van der Waals surface area contributed by atoms with Gasteiger partial charge >= 0.3 is 6.36 Å². The van der Waals surface area contributed by atoms with E-state index in [1.165, 1.54) is 0 Å². The van der Waals surface area contributed by atoms with E-state index >= 15 is 0 Å². The monoisotopic (exact) mass is 306 g/mol. The van der Waals surface area contributed by atoms with Gasteiger partial charge in [0.1, 0.15) is 4.60 Å². The number of nitrogens with zero attached hydrogens (tertiary/aromatic N) is 1. The summed E-state index contributed by atoms with van der Waals surface area (Å²) in [7, 11) is 0. The zero-order valence-corrected chi connectivity index (χ0v) is 8.94. The topological polar surface area (TPSA) is 48.1 Å². The molecule has 1 rings (SSSR count). The van der Waals surface area contributed by atoms with Crippen molar-refractivity contribution < 1.29 is 26.7 Å². The van der Waals surface area contributed by atoms with E-state index in [0.29, 0.717) is 0 Å². The molecule has 0 aliphatic rings. The number of alkyl halides is 5. The summed E-state index contributed by atoms with van der Waals surface area (Å²) in [5, 5.41) is 0. The van der Waals surface area contributed by atoms with Crippen molar-refractivity contribution in [1.82, 2.24) is 4.98 Å². The lowest BCUT2D eigenvalue weighted by Crippen LogP contribution is -2.19. The lowest BCUT2D eigenvalue weighted by molar-refractivity contribution is -0.275. The second-order valence-electron chi connectivity index (χ2n) is 2.60. The maximum absolute atomic E-state index is 12.4. The Labute approximate surface area is 94.5 Å². The highest BCUT2D eigenvalue weighted by Crippen LogP contribution is 2.37. The average Bonchev–Trinajstić information content (AvgIpc) is 2.07. The number of hydrogen-bond donors (Lipinski definition) is 1. The van der Waals surface area contributed by atoms with Crippen LogP contribution in [0.15, 0.2) is 10.7 Å². The van der Waals surface area contributed by atoms with Gasteiger partial charge in [-0.3, -0.25) is 0 Å². The maximum Gasteiger partial charge on any atom is 0.573 e. The molecule has 0 fully saturated rings. The number of halogens is 6. The highest BCUT2D eigenvalue weighted by atomic mass is 79.9. The Balaban J connectivity index is 3.25. The van der Waals surface area contributed by atoms with Gasteiger partial charge < -0.3 is 10.5 Å². The number of nitrogens with two attached hydrogens (primary N) is 1. The van der Waals surface area contributed by atoms with Crippen LogP contribution in [0.2, 0.25) is 0 Å². The molecule has 9 heteroatoms. The molecule has 0 spiro atoms. The minimum Gasteiger partial charge on any atom is -0.401 e. The van der Waals surface area contributed by atoms with Crippen LogP contribution in [0.5, 0.6) is 5.75 Å². The molecule has 0 aliphatic heterocycles. The van der Waals surface area contributed by atoms with Crippen molar-refractivity contribution in [2.45, 2.75) is 12.8 Å². The number of anilines is 1. The molecule has 0 saturated heterocycles. The molecular weight excluding hydrogens is 303 g/mol. The van der Waals surface area contributed by atoms with Crippen molar-refractivity contribution in [3.8, 4) is 5.75 Å². The van der Waals surface area contributed by atoms with Crippen LogP contribution < -0.4 is 10.5 Å². The second kappa shape index (κ2) is 4.40. The first-order valence-corrected chi connectivity index (χ1v) is 4.50. The molecule has 0 unspecified atom stereocenters. The van der Waals surface area contributed by atoms with E-state index in [1.54, 1.807) is 0 Å².